The lowest BCUT2D eigenvalue weighted by molar-refractivity contribution is 0.100. The summed E-state index contributed by atoms with van der Waals surface area (Å²) in [5.41, 5.74) is 3.71. The first-order valence-corrected chi connectivity index (χ1v) is 7.45. The highest BCUT2D eigenvalue weighted by molar-refractivity contribution is 6.05. The molecule has 0 bridgehead atoms. The van der Waals surface area contributed by atoms with E-state index in [9.17, 15) is 9.59 Å². The quantitative estimate of drug-likeness (QED) is 0.863. The highest BCUT2D eigenvalue weighted by Gasteiger charge is 2.17. The highest BCUT2D eigenvalue weighted by atomic mass is 16.2. The number of hydrogen-bond acceptors (Lipinski definition) is 3. The molecule has 0 radical (unpaired) electrons. The summed E-state index contributed by atoms with van der Waals surface area (Å²) in [6, 6.07) is 7.54. The molecule has 2 rings (SSSR count). The molecule has 5 heteroatoms. The summed E-state index contributed by atoms with van der Waals surface area (Å²) >= 11 is 0. The Morgan fingerprint density at radius 2 is 1.77 bits per heavy atom. The number of Topliss-reactive ketones (excluding diaryl/α,β-unsaturated/α-hetero) is 1. The van der Waals surface area contributed by atoms with Crippen LogP contribution < -0.4 is 5.32 Å². The fourth-order valence-corrected chi connectivity index (χ4v) is 2.49. The summed E-state index contributed by atoms with van der Waals surface area (Å²) in [4.78, 5) is 23.9. The predicted molar refractivity (Wildman–Crippen MR) is 86.4 cm³/mol. The van der Waals surface area contributed by atoms with E-state index in [0.29, 0.717) is 5.69 Å². The van der Waals surface area contributed by atoms with E-state index >= 15 is 0 Å². The SMILES string of the molecule is CCc1cccc(CC)c1NC(=O)c1cc(C(C)=O)n(C)n1. The number of aromatic nitrogens is 2. The molecule has 0 aliphatic heterocycles. The Morgan fingerprint density at radius 3 is 2.23 bits per heavy atom. The third kappa shape index (κ3) is 3.08. The minimum atomic E-state index is -0.293. The second-order valence-corrected chi connectivity index (χ2v) is 5.21. The van der Waals surface area contributed by atoms with E-state index in [0.717, 1.165) is 29.7 Å². The van der Waals surface area contributed by atoms with E-state index < -0.39 is 0 Å². The zero-order valence-corrected chi connectivity index (χ0v) is 13.4. The average Bonchev–Trinajstić information content (AvgIpc) is 2.89. The number of anilines is 1. The Labute approximate surface area is 130 Å². The van der Waals surface area contributed by atoms with Crippen molar-refractivity contribution in [1.82, 2.24) is 9.78 Å². The molecule has 1 N–H and O–H groups in total. The molecule has 0 saturated heterocycles. The van der Waals surface area contributed by atoms with Crippen molar-refractivity contribution in [2.24, 2.45) is 7.05 Å². The number of nitrogens with zero attached hydrogens (tertiary/aromatic N) is 2. The molecule has 0 aliphatic carbocycles. The molecule has 116 valence electrons. The van der Waals surface area contributed by atoms with Gasteiger partial charge in [-0.2, -0.15) is 5.10 Å². The van der Waals surface area contributed by atoms with Crippen LogP contribution in [0.3, 0.4) is 0 Å². The number of ketones is 1. The maximum Gasteiger partial charge on any atom is 0.276 e. The van der Waals surface area contributed by atoms with E-state index in [1.165, 1.54) is 17.7 Å². The monoisotopic (exact) mass is 299 g/mol. The van der Waals surface area contributed by atoms with Crippen molar-refractivity contribution in [1.29, 1.82) is 0 Å². The molecular weight excluding hydrogens is 278 g/mol. The summed E-state index contributed by atoms with van der Waals surface area (Å²) in [6.45, 7) is 5.57. The molecule has 0 unspecified atom stereocenters. The number of amides is 1. The Hall–Kier alpha value is -2.43. The molecule has 0 atom stereocenters. The van der Waals surface area contributed by atoms with Crippen molar-refractivity contribution in [3.63, 3.8) is 0 Å². The molecule has 1 heterocycles. The first-order chi connectivity index (χ1) is 10.5. The van der Waals surface area contributed by atoms with Gasteiger partial charge in [0.2, 0.25) is 0 Å². The van der Waals surface area contributed by atoms with Crippen LogP contribution in [0.4, 0.5) is 5.69 Å². The van der Waals surface area contributed by atoms with E-state index in [1.807, 2.05) is 18.2 Å². The maximum atomic E-state index is 12.4. The van der Waals surface area contributed by atoms with Gasteiger partial charge in [-0.25, -0.2) is 0 Å². The first kappa shape index (κ1) is 15.9. The van der Waals surface area contributed by atoms with Crippen molar-refractivity contribution in [2.75, 3.05) is 5.32 Å². The van der Waals surface area contributed by atoms with E-state index in [4.69, 9.17) is 0 Å². The maximum absolute atomic E-state index is 12.4. The summed E-state index contributed by atoms with van der Waals surface area (Å²) in [7, 11) is 1.66. The number of para-hydroxylation sites is 1. The van der Waals surface area contributed by atoms with Crippen LogP contribution in [-0.2, 0) is 19.9 Å². The highest BCUT2D eigenvalue weighted by Crippen LogP contribution is 2.23. The van der Waals surface area contributed by atoms with Crippen LogP contribution in [-0.4, -0.2) is 21.5 Å². The topological polar surface area (TPSA) is 64.0 Å². The third-order valence-corrected chi connectivity index (χ3v) is 3.71. The molecule has 5 nitrogen and oxygen atoms in total. The van der Waals surface area contributed by atoms with Crippen LogP contribution in [0.2, 0.25) is 0 Å². The van der Waals surface area contributed by atoms with Crippen LogP contribution in [0.5, 0.6) is 0 Å². The smallest absolute Gasteiger partial charge is 0.276 e. The minimum absolute atomic E-state index is 0.114. The Morgan fingerprint density at radius 1 is 1.18 bits per heavy atom. The number of aryl methyl sites for hydroxylation is 3. The van der Waals surface area contributed by atoms with Gasteiger partial charge < -0.3 is 5.32 Å². The number of benzene rings is 1. The van der Waals surface area contributed by atoms with E-state index in [1.54, 1.807) is 7.05 Å². The van der Waals surface area contributed by atoms with E-state index in [2.05, 4.69) is 24.3 Å². The fraction of sp³-hybridized carbons (Fsp3) is 0.353. The largest absolute Gasteiger partial charge is 0.320 e. The predicted octanol–water partition coefficient (Wildman–Crippen LogP) is 3.00. The van der Waals surface area contributed by atoms with Gasteiger partial charge in [0.25, 0.3) is 5.91 Å². The van der Waals surface area contributed by atoms with Gasteiger partial charge in [-0.05, 0) is 24.0 Å². The lowest BCUT2D eigenvalue weighted by atomic mass is 10.0. The fourth-order valence-electron chi connectivity index (χ4n) is 2.49. The number of rotatable bonds is 5. The van der Waals surface area contributed by atoms with Gasteiger partial charge in [-0.15, -0.1) is 0 Å². The lowest BCUT2D eigenvalue weighted by Crippen LogP contribution is -2.15. The second kappa shape index (κ2) is 6.56. The third-order valence-electron chi connectivity index (χ3n) is 3.71. The second-order valence-electron chi connectivity index (χ2n) is 5.21. The van der Waals surface area contributed by atoms with Gasteiger partial charge >= 0.3 is 0 Å². The van der Waals surface area contributed by atoms with Gasteiger partial charge in [0.15, 0.2) is 11.5 Å². The van der Waals surface area contributed by atoms with Gasteiger partial charge in [-0.1, -0.05) is 32.0 Å². The van der Waals surface area contributed by atoms with E-state index in [-0.39, 0.29) is 17.4 Å². The molecule has 0 saturated carbocycles. The number of carbonyl (C=O) groups excluding carboxylic acids is 2. The van der Waals surface area contributed by atoms with Gasteiger partial charge in [0.1, 0.15) is 5.69 Å². The number of nitrogens with one attached hydrogen (secondary N) is 1. The Kier molecular flexibility index (Phi) is 4.75. The molecule has 1 aromatic heterocycles. The summed E-state index contributed by atoms with van der Waals surface area (Å²) in [5.74, 6) is -0.407. The summed E-state index contributed by atoms with van der Waals surface area (Å²) < 4.78 is 1.43. The minimum Gasteiger partial charge on any atom is -0.320 e. The van der Waals surface area contributed by atoms with Gasteiger partial charge in [-0.3, -0.25) is 14.3 Å². The molecule has 1 aromatic carbocycles. The zero-order chi connectivity index (χ0) is 16.3. The summed E-state index contributed by atoms with van der Waals surface area (Å²) in [5, 5.41) is 7.07. The normalized spacial score (nSPS) is 10.5. The molecule has 0 spiro atoms. The summed E-state index contributed by atoms with van der Waals surface area (Å²) in [6.07, 6.45) is 1.68. The van der Waals surface area contributed by atoms with Crippen molar-refractivity contribution in [2.45, 2.75) is 33.6 Å². The van der Waals surface area contributed by atoms with Gasteiger partial charge in [0, 0.05) is 25.7 Å². The number of hydrogen-bond donors (Lipinski definition) is 1. The first-order valence-electron chi connectivity index (χ1n) is 7.45. The van der Waals surface area contributed by atoms with Crippen molar-refractivity contribution in [3.8, 4) is 0 Å². The van der Waals surface area contributed by atoms with Gasteiger partial charge in [0.05, 0.1) is 0 Å². The lowest BCUT2D eigenvalue weighted by Gasteiger charge is -2.13. The molecule has 2 aromatic rings. The average molecular weight is 299 g/mol. The van der Waals surface area contributed by atoms with Crippen LogP contribution in [0.15, 0.2) is 24.3 Å². The van der Waals surface area contributed by atoms with Crippen LogP contribution in [0, 0.1) is 0 Å². The molecular formula is C17H21N3O2. The molecule has 22 heavy (non-hydrogen) atoms. The van der Waals surface area contributed by atoms with Crippen molar-refractivity contribution in [3.05, 3.63) is 46.8 Å². The molecule has 0 fully saturated rings. The zero-order valence-electron chi connectivity index (χ0n) is 13.4. The van der Waals surface area contributed by atoms with Crippen molar-refractivity contribution >= 4 is 17.4 Å². The van der Waals surface area contributed by atoms with Crippen LogP contribution >= 0.6 is 0 Å². The molecule has 1 amide bonds. The van der Waals surface area contributed by atoms with Crippen LogP contribution in [0.25, 0.3) is 0 Å². The van der Waals surface area contributed by atoms with Crippen molar-refractivity contribution < 1.29 is 9.59 Å². The standard InChI is InChI=1S/C17H21N3O2/c1-5-12-8-7-9-13(6-2)16(12)18-17(22)14-10-15(11(3)21)20(4)19-14/h7-10H,5-6H2,1-4H3,(H,18,22). The Balaban J connectivity index is 2.33. The number of carbonyl (C=O) groups is 2. The van der Waals surface area contributed by atoms with Crippen LogP contribution in [0.1, 0.15) is 52.9 Å². The molecule has 0 aliphatic rings. The Bertz CT molecular complexity index is 694.